The summed E-state index contributed by atoms with van der Waals surface area (Å²) < 4.78 is 29.6. The van der Waals surface area contributed by atoms with Crippen molar-refractivity contribution in [2.45, 2.75) is 33.2 Å². The van der Waals surface area contributed by atoms with E-state index in [1.165, 1.54) is 18.7 Å². The number of nitrogens with zero attached hydrogens (tertiary/aromatic N) is 2. The zero-order valence-electron chi connectivity index (χ0n) is 16.1. The van der Waals surface area contributed by atoms with E-state index in [2.05, 4.69) is 23.6 Å². The number of anilines is 1. The van der Waals surface area contributed by atoms with E-state index in [0.717, 1.165) is 9.87 Å². The predicted molar refractivity (Wildman–Crippen MR) is 111 cm³/mol. The number of amides is 1. The lowest BCUT2D eigenvalue weighted by Gasteiger charge is -2.23. The van der Waals surface area contributed by atoms with E-state index in [0.29, 0.717) is 11.6 Å². The third-order valence-corrected chi connectivity index (χ3v) is 5.80. The van der Waals surface area contributed by atoms with Crippen molar-refractivity contribution in [3.05, 3.63) is 77.5 Å². The number of benzene rings is 2. The molecule has 1 amide bonds. The fraction of sp³-hybridized carbons (Fsp3) is 0.238. The van der Waals surface area contributed by atoms with Gasteiger partial charge in [0.15, 0.2) is 0 Å². The van der Waals surface area contributed by atoms with Gasteiger partial charge in [-0.3, -0.25) is 9.10 Å². The molecule has 0 radical (unpaired) electrons. The Bertz CT molecular complexity index is 1020. The summed E-state index contributed by atoms with van der Waals surface area (Å²) in [4.78, 5) is 12.7. The van der Waals surface area contributed by atoms with Crippen molar-refractivity contribution >= 4 is 27.5 Å². The first-order valence-electron chi connectivity index (χ1n) is 9.02. The maximum atomic E-state index is 12.7. The van der Waals surface area contributed by atoms with Gasteiger partial charge < -0.3 is 5.32 Å². The van der Waals surface area contributed by atoms with Crippen molar-refractivity contribution < 1.29 is 13.2 Å². The average Bonchev–Trinajstić information content (AvgIpc) is 2.64. The van der Waals surface area contributed by atoms with Crippen LogP contribution in [0.4, 0.5) is 5.69 Å². The van der Waals surface area contributed by atoms with E-state index in [4.69, 9.17) is 0 Å². The SMILES string of the molecule is CC1=NS(=O)(=O)N(Cc2ccccc2)C=C1C(=O)Nc1ccc(C(C)C)cc1. The van der Waals surface area contributed by atoms with Gasteiger partial charge in [0.05, 0.1) is 17.8 Å². The van der Waals surface area contributed by atoms with Crippen LogP contribution in [0.2, 0.25) is 0 Å². The van der Waals surface area contributed by atoms with Crippen molar-refractivity contribution in [1.82, 2.24) is 4.31 Å². The van der Waals surface area contributed by atoms with E-state index in [1.807, 2.05) is 54.6 Å². The van der Waals surface area contributed by atoms with Crippen molar-refractivity contribution in [2.24, 2.45) is 4.40 Å². The molecule has 0 unspecified atom stereocenters. The molecule has 1 aliphatic rings. The maximum absolute atomic E-state index is 12.7. The van der Waals surface area contributed by atoms with Crippen LogP contribution in [0, 0.1) is 0 Å². The summed E-state index contributed by atoms with van der Waals surface area (Å²) >= 11 is 0. The number of hydrogen-bond donors (Lipinski definition) is 1. The van der Waals surface area contributed by atoms with E-state index in [1.54, 1.807) is 0 Å². The van der Waals surface area contributed by atoms with Gasteiger partial charge in [0.25, 0.3) is 5.91 Å². The topological polar surface area (TPSA) is 78.8 Å². The fourth-order valence-electron chi connectivity index (χ4n) is 2.84. The van der Waals surface area contributed by atoms with Gasteiger partial charge in [-0.25, -0.2) is 0 Å². The zero-order valence-corrected chi connectivity index (χ0v) is 16.9. The van der Waals surface area contributed by atoms with Crippen molar-refractivity contribution in [3.63, 3.8) is 0 Å². The van der Waals surface area contributed by atoms with Gasteiger partial charge in [-0.2, -0.15) is 8.42 Å². The van der Waals surface area contributed by atoms with E-state index < -0.39 is 16.1 Å². The summed E-state index contributed by atoms with van der Waals surface area (Å²) in [5, 5.41) is 2.81. The molecular formula is C21H23N3O3S. The molecule has 0 saturated carbocycles. The smallest absolute Gasteiger partial charge is 0.322 e. The predicted octanol–water partition coefficient (Wildman–Crippen LogP) is 3.85. The molecule has 1 heterocycles. The second-order valence-corrected chi connectivity index (χ2v) is 8.51. The second kappa shape index (κ2) is 7.98. The van der Waals surface area contributed by atoms with E-state index in [-0.39, 0.29) is 17.8 Å². The first kappa shape index (κ1) is 19.8. The first-order chi connectivity index (χ1) is 13.3. The third kappa shape index (κ3) is 4.48. The standard InChI is InChI=1S/C21H23N3O3S/c1-15(2)18-9-11-19(12-10-18)22-21(25)20-14-24(28(26,27)23-16(20)3)13-17-7-5-4-6-8-17/h4-12,14-15H,13H2,1-3H3,(H,22,25). The average molecular weight is 398 g/mol. The highest BCUT2D eigenvalue weighted by Gasteiger charge is 2.28. The molecule has 6 nitrogen and oxygen atoms in total. The molecule has 1 aliphatic heterocycles. The molecule has 7 heteroatoms. The molecule has 0 aromatic heterocycles. The van der Waals surface area contributed by atoms with Gasteiger partial charge in [-0.1, -0.05) is 56.3 Å². The Kier molecular flexibility index (Phi) is 5.65. The highest BCUT2D eigenvalue weighted by atomic mass is 32.2. The molecule has 0 bridgehead atoms. The Morgan fingerprint density at radius 2 is 1.71 bits per heavy atom. The van der Waals surface area contributed by atoms with Crippen LogP contribution in [-0.4, -0.2) is 24.3 Å². The molecule has 2 aromatic carbocycles. The Balaban J connectivity index is 1.82. The monoisotopic (exact) mass is 397 g/mol. The Labute approximate surface area is 165 Å². The molecule has 2 aromatic rings. The first-order valence-corrected chi connectivity index (χ1v) is 10.4. The number of hydrogen-bond acceptors (Lipinski definition) is 3. The quantitative estimate of drug-likeness (QED) is 0.832. The summed E-state index contributed by atoms with van der Waals surface area (Å²) in [5.74, 6) is 0.00319. The summed E-state index contributed by atoms with van der Waals surface area (Å²) in [6.45, 7) is 5.83. The minimum Gasteiger partial charge on any atom is -0.322 e. The number of carbonyl (C=O) groups is 1. The number of rotatable bonds is 5. The molecule has 0 saturated heterocycles. The zero-order chi connectivity index (χ0) is 20.3. The van der Waals surface area contributed by atoms with Crippen molar-refractivity contribution in [3.8, 4) is 0 Å². The van der Waals surface area contributed by atoms with Gasteiger partial charge >= 0.3 is 10.2 Å². The Morgan fingerprint density at radius 3 is 2.32 bits per heavy atom. The molecule has 28 heavy (non-hydrogen) atoms. The summed E-state index contributed by atoms with van der Waals surface area (Å²) in [6, 6.07) is 16.8. The molecule has 0 spiro atoms. The van der Waals surface area contributed by atoms with E-state index >= 15 is 0 Å². The molecule has 1 N–H and O–H groups in total. The Hall–Kier alpha value is -2.93. The minimum absolute atomic E-state index is 0.111. The second-order valence-electron chi connectivity index (χ2n) is 6.96. The lowest BCUT2D eigenvalue weighted by Crippen LogP contribution is -2.32. The molecule has 146 valence electrons. The van der Waals surface area contributed by atoms with Gasteiger partial charge in [0.2, 0.25) is 0 Å². The lowest BCUT2D eigenvalue weighted by molar-refractivity contribution is -0.112. The third-order valence-electron chi connectivity index (χ3n) is 4.47. The summed E-state index contributed by atoms with van der Waals surface area (Å²) in [6.07, 6.45) is 1.35. The maximum Gasteiger partial charge on any atom is 0.344 e. The molecule has 0 aliphatic carbocycles. The van der Waals surface area contributed by atoms with Crippen molar-refractivity contribution in [2.75, 3.05) is 5.32 Å². The minimum atomic E-state index is -3.86. The lowest BCUT2D eigenvalue weighted by atomic mass is 10.0. The van der Waals surface area contributed by atoms with Crippen LogP contribution in [0.3, 0.4) is 0 Å². The van der Waals surface area contributed by atoms with Crippen LogP contribution in [0.25, 0.3) is 0 Å². The van der Waals surface area contributed by atoms with Crippen LogP contribution in [0.15, 0.2) is 70.8 Å². The van der Waals surface area contributed by atoms with Gasteiger partial charge in [-0.15, -0.1) is 4.40 Å². The highest BCUT2D eigenvalue weighted by Crippen LogP contribution is 2.22. The molecule has 3 rings (SSSR count). The van der Waals surface area contributed by atoms with Crippen molar-refractivity contribution in [1.29, 1.82) is 0 Å². The summed E-state index contributed by atoms with van der Waals surface area (Å²) in [5.41, 5.74) is 3.01. The van der Waals surface area contributed by atoms with Gasteiger partial charge in [0.1, 0.15) is 0 Å². The molecule has 0 fully saturated rings. The van der Waals surface area contributed by atoms with Crippen LogP contribution in [0.5, 0.6) is 0 Å². The normalized spacial score (nSPS) is 15.8. The van der Waals surface area contributed by atoms with Crippen LogP contribution in [-0.2, 0) is 21.5 Å². The highest BCUT2D eigenvalue weighted by molar-refractivity contribution is 7.88. The van der Waals surface area contributed by atoms with E-state index in [9.17, 15) is 13.2 Å². The Morgan fingerprint density at radius 1 is 1.07 bits per heavy atom. The fourth-order valence-corrected chi connectivity index (χ4v) is 3.94. The molecule has 0 atom stereocenters. The van der Waals surface area contributed by atoms with Gasteiger partial charge in [-0.05, 0) is 36.1 Å². The largest absolute Gasteiger partial charge is 0.344 e. The van der Waals surface area contributed by atoms with Crippen LogP contribution in [0.1, 0.15) is 37.8 Å². The summed E-state index contributed by atoms with van der Waals surface area (Å²) in [7, 11) is -3.86. The molecular weight excluding hydrogens is 374 g/mol. The van der Waals surface area contributed by atoms with Crippen LogP contribution < -0.4 is 5.32 Å². The van der Waals surface area contributed by atoms with Gasteiger partial charge in [0, 0.05) is 11.9 Å². The van der Waals surface area contributed by atoms with Crippen LogP contribution >= 0.6 is 0 Å². The number of carbonyl (C=O) groups excluding carboxylic acids is 1. The number of nitrogens with one attached hydrogen (secondary N) is 1.